The van der Waals surface area contributed by atoms with Gasteiger partial charge in [0.2, 0.25) is 10.0 Å². The molecule has 0 spiro atoms. The number of nitrogens with zero attached hydrogens (tertiary/aromatic N) is 2. The fourth-order valence-electron chi connectivity index (χ4n) is 6.18. The number of ether oxygens (including phenoxy) is 1. The second kappa shape index (κ2) is 11.6. The monoisotopic (exact) mass is 538 g/mol. The smallest absolute Gasteiger partial charge is 0.250 e. The highest BCUT2D eigenvalue weighted by atomic mass is 32.2. The topological polar surface area (TPSA) is 109 Å². The Morgan fingerprint density at radius 1 is 1.08 bits per heavy atom. The summed E-state index contributed by atoms with van der Waals surface area (Å²) in [5, 5.41) is 0.984. The van der Waals surface area contributed by atoms with Gasteiger partial charge in [0, 0.05) is 37.8 Å². The summed E-state index contributed by atoms with van der Waals surface area (Å²) in [4.78, 5) is 17.9. The maximum Gasteiger partial charge on any atom is 0.250 e. The first kappa shape index (κ1) is 26.9. The van der Waals surface area contributed by atoms with E-state index in [4.69, 9.17) is 10.5 Å². The van der Waals surface area contributed by atoms with Gasteiger partial charge in [0.15, 0.2) is 0 Å². The molecule has 0 bridgehead atoms. The first-order valence-electron chi connectivity index (χ1n) is 13.6. The Labute approximate surface area is 225 Å². The lowest BCUT2D eigenvalue weighted by Crippen LogP contribution is -2.40. The third-order valence-electron chi connectivity index (χ3n) is 8.19. The second-order valence-corrected chi connectivity index (χ2v) is 12.6. The third kappa shape index (κ3) is 5.66. The summed E-state index contributed by atoms with van der Waals surface area (Å²) >= 11 is 0. The molecule has 8 nitrogen and oxygen atoms in total. The van der Waals surface area contributed by atoms with E-state index < -0.39 is 15.9 Å². The molecular weight excluding hydrogens is 500 g/mol. The summed E-state index contributed by atoms with van der Waals surface area (Å²) in [5.41, 5.74) is 10.0. The number of amides is 1. The SMILES string of the molecule is COC[C@@H]1CCCN1CCCS(=O)(=O)N1CCC(c2c[nH]c3c(C(N)=O)cc(-c4ccccc4)cc23)CC1. The van der Waals surface area contributed by atoms with Crippen LogP contribution in [0.25, 0.3) is 22.0 Å². The predicted molar refractivity (Wildman–Crippen MR) is 151 cm³/mol. The molecule has 2 aliphatic heterocycles. The van der Waals surface area contributed by atoms with Crippen molar-refractivity contribution in [1.82, 2.24) is 14.2 Å². The van der Waals surface area contributed by atoms with Gasteiger partial charge in [-0.2, -0.15) is 0 Å². The van der Waals surface area contributed by atoms with Crippen LogP contribution in [0.2, 0.25) is 0 Å². The van der Waals surface area contributed by atoms with Crippen molar-refractivity contribution in [3.63, 3.8) is 0 Å². The number of nitrogens with one attached hydrogen (secondary N) is 1. The zero-order chi connectivity index (χ0) is 26.7. The van der Waals surface area contributed by atoms with Gasteiger partial charge in [-0.1, -0.05) is 30.3 Å². The van der Waals surface area contributed by atoms with Crippen molar-refractivity contribution in [3.8, 4) is 11.1 Å². The molecule has 0 aliphatic carbocycles. The summed E-state index contributed by atoms with van der Waals surface area (Å²) in [5.74, 6) is -0.0745. The van der Waals surface area contributed by atoms with E-state index in [1.807, 2.05) is 42.6 Å². The van der Waals surface area contributed by atoms with E-state index in [0.717, 1.165) is 66.4 Å². The molecule has 2 aromatic carbocycles. The van der Waals surface area contributed by atoms with E-state index in [0.29, 0.717) is 37.7 Å². The maximum absolute atomic E-state index is 13.1. The van der Waals surface area contributed by atoms with E-state index in [1.54, 1.807) is 11.4 Å². The van der Waals surface area contributed by atoms with Crippen LogP contribution in [-0.2, 0) is 14.8 Å². The number of likely N-dealkylation sites (tertiary alicyclic amines) is 1. The van der Waals surface area contributed by atoms with Crippen LogP contribution >= 0.6 is 0 Å². The Hall–Kier alpha value is -2.72. The molecular formula is C29H38N4O4S. The Bertz CT molecular complexity index is 1360. The number of nitrogens with two attached hydrogens (primary N) is 1. The number of hydrogen-bond donors (Lipinski definition) is 2. The highest BCUT2D eigenvalue weighted by Crippen LogP contribution is 2.37. The van der Waals surface area contributed by atoms with Crippen LogP contribution in [-0.4, -0.2) is 80.2 Å². The van der Waals surface area contributed by atoms with Crippen LogP contribution in [0.15, 0.2) is 48.7 Å². The van der Waals surface area contributed by atoms with E-state index in [9.17, 15) is 13.2 Å². The average Bonchev–Trinajstić information content (AvgIpc) is 3.55. The summed E-state index contributed by atoms with van der Waals surface area (Å²) in [7, 11) is -1.57. The standard InChI is InChI=1S/C29H38N4O4S/c1-37-20-24-9-5-12-32(24)13-6-16-38(35,36)33-14-10-22(11-15-33)27-19-31-28-25(27)17-23(18-26(28)29(30)34)21-7-3-2-4-8-21/h2-4,7-8,17-19,22,24,31H,5-6,9-16,20H2,1H3,(H2,30,34)/t24-/m0/s1. The van der Waals surface area contributed by atoms with Crippen LogP contribution in [0.4, 0.5) is 0 Å². The number of aromatic nitrogens is 1. The first-order valence-corrected chi connectivity index (χ1v) is 15.2. The molecule has 3 aromatic rings. The van der Waals surface area contributed by atoms with Gasteiger partial charge in [0.1, 0.15) is 0 Å². The largest absolute Gasteiger partial charge is 0.383 e. The number of aromatic amines is 1. The summed E-state index contributed by atoms with van der Waals surface area (Å²) in [6.07, 6.45) is 6.37. The summed E-state index contributed by atoms with van der Waals surface area (Å²) in [6.45, 7) is 3.55. The molecule has 2 saturated heterocycles. The molecule has 3 N–H and O–H groups in total. The zero-order valence-corrected chi connectivity index (χ0v) is 22.9. The highest BCUT2D eigenvalue weighted by molar-refractivity contribution is 7.89. The van der Waals surface area contributed by atoms with Gasteiger partial charge in [-0.25, -0.2) is 12.7 Å². The van der Waals surface area contributed by atoms with Crippen molar-refractivity contribution in [2.75, 3.05) is 45.6 Å². The molecule has 2 fully saturated rings. The summed E-state index contributed by atoms with van der Waals surface area (Å²) in [6, 6.07) is 14.3. The number of benzene rings is 2. The number of hydrogen-bond acceptors (Lipinski definition) is 5. The molecule has 204 valence electrons. The van der Waals surface area contributed by atoms with Crippen LogP contribution < -0.4 is 5.73 Å². The molecule has 1 amide bonds. The van der Waals surface area contributed by atoms with Gasteiger partial charge < -0.3 is 15.5 Å². The fourth-order valence-corrected chi connectivity index (χ4v) is 7.70. The third-order valence-corrected chi connectivity index (χ3v) is 10.1. The fraction of sp³-hybridized carbons (Fsp3) is 0.483. The molecule has 5 rings (SSSR count). The number of fused-ring (bicyclic) bond motifs is 1. The van der Waals surface area contributed by atoms with Gasteiger partial charge in [0.25, 0.3) is 5.91 Å². The highest BCUT2D eigenvalue weighted by Gasteiger charge is 2.31. The first-order chi connectivity index (χ1) is 18.4. The molecule has 9 heteroatoms. The molecule has 0 unspecified atom stereocenters. The summed E-state index contributed by atoms with van der Waals surface area (Å²) < 4.78 is 33.2. The Balaban J connectivity index is 1.26. The Kier molecular flexibility index (Phi) is 8.18. The van der Waals surface area contributed by atoms with Gasteiger partial charge in [-0.3, -0.25) is 9.69 Å². The van der Waals surface area contributed by atoms with Crippen LogP contribution in [0, 0.1) is 0 Å². The number of sulfonamides is 1. The second-order valence-electron chi connectivity index (χ2n) is 10.6. The van der Waals surface area contributed by atoms with Gasteiger partial charge in [-0.05, 0) is 79.9 Å². The molecule has 0 radical (unpaired) electrons. The van der Waals surface area contributed by atoms with Crippen LogP contribution in [0.3, 0.4) is 0 Å². The molecule has 3 heterocycles. The number of primary amides is 1. The number of rotatable bonds is 10. The van der Waals surface area contributed by atoms with Gasteiger partial charge in [0.05, 0.1) is 23.4 Å². The van der Waals surface area contributed by atoms with Gasteiger partial charge >= 0.3 is 0 Å². The molecule has 2 aliphatic rings. The van der Waals surface area contributed by atoms with Crippen LogP contribution in [0.5, 0.6) is 0 Å². The minimum atomic E-state index is -3.29. The van der Waals surface area contributed by atoms with E-state index in [2.05, 4.69) is 16.0 Å². The van der Waals surface area contributed by atoms with E-state index >= 15 is 0 Å². The Morgan fingerprint density at radius 2 is 1.84 bits per heavy atom. The Morgan fingerprint density at radius 3 is 2.55 bits per heavy atom. The van der Waals surface area contributed by atoms with Gasteiger partial charge in [-0.15, -0.1) is 0 Å². The zero-order valence-electron chi connectivity index (χ0n) is 22.1. The number of methoxy groups -OCH3 is 1. The van der Waals surface area contributed by atoms with Crippen molar-refractivity contribution in [3.05, 3.63) is 59.8 Å². The van der Waals surface area contributed by atoms with Crippen LogP contribution in [0.1, 0.15) is 53.9 Å². The minimum absolute atomic E-state index is 0.184. The van der Waals surface area contributed by atoms with Crippen molar-refractivity contribution >= 4 is 26.8 Å². The van der Waals surface area contributed by atoms with Crippen molar-refractivity contribution in [2.45, 2.75) is 44.1 Å². The molecule has 1 aromatic heterocycles. The van der Waals surface area contributed by atoms with E-state index in [-0.39, 0.29) is 11.7 Å². The minimum Gasteiger partial charge on any atom is -0.383 e. The lowest BCUT2D eigenvalue weighted by Gasteiger charge is -2.31. The maximum atomic E-state index is 13.1. The average molecular weight is 539 g/mol. The van der Waals surface area contributed by atoms with E-state index in [1.165, 1.54) is 0 Å². The molecule has 1 atom stereocenters. The lowest BCUT2D eigenvalue weighted by atomic mass is 9.88. The lowest BCUT2D eigenvalue weighted by molar-refractivity contribution is 0.100. The number of piperidine rings is 1. The van der Waals surface area contributed by atoms with Crippen molar-refractivity contribution in [1.29, 1.82) is 0 Å². The normalized spacial score (nSPS) is 19.9. The number of carbonyl (C=O) groups excluding carboxylic acids is 1. The molecule has 38 heavy (non-hydrogen) atoms. The number of carbonyl (C=O) groups is 1. The number of H-pyrrole nitrogens is 1. The molecule has 0 saturated carbocycles. The van der Waals surface area contributed by atoms with Crippen molar-refractivity contribution in [2.24, 2.45) is 5.73 Å². The van der Waals surface area contributed by atoms with Crippen molar-refractivity contribution < 1.29 is 17.9 Å². The predicted octanol–water partition coefficient (Wildman–Crippen LogP) is 3.94. The quantitative estimate of drug-likeness (QED) is 0.406.